The first-order valence-corrected chi connectivity index (χ1v) is 9.38. The third-order valence-corrected chi connectivity index (χ3v) is 5.40. The zero-order valence-electron chi connectivity index (χ0n) is 15.4. The van der Waals surface area contributed by atoms with Crippen LogP contribution in [0.25, 0.3) is 0 Å². The molecule has 4 heteroatoms. The zero-order valence-corrected chi connectivity index (χ0v) is 15.4. The van der Waals surface area contributed by atoms with E-state index in [1.807, 2.05) is 60.7 Å². The van der Waals surface area contributed by atoms with Gasteiger partial charge in [0.15, 0.2) is 0 Å². The average Bonchev–Trinajstić information content (AvgIpc) is 3.20. The van der Waals surface area contributed by atoms with E-state index in [0.717, 1.165) is 37.2 Å². The van der Waals surface area contributed by atoms with Gasteiger partial charge in [-0.2, -0.15) is 0 Å². The lowest BCUT2D eigenvalue weighted by atomic mass is 10.0. The Bertz CT molecular complexity index is 635. The van der Waals surface area contributed by atoms with E-state index in [9.17, 15) is 10.2 Å². The van der Waals surface area contributed by atoms with Gasteiger partial charge in [-0.05, 0) is 42.4 Å². The molecule has 26 heavy (non-hydrogen) atoms. The molecule has 0 amide bonds. The van der Waals surface area contributed by atoms with Crippen LogP contribution in [-0.4, -0.2) is 48.0 Å². The summed E-state index contributed by atoms with van der Waals surface area (Å²) in [4.78, 5) is 2.35. The number of hydrogen-bond acceptors (Lipinski definition) is 4. The summed E-state index contributed by atoms with van der Waals surface area (Å²) in [7, 11) is 1.66. The molecule has 2 fully saturated rings. The van der Waals surface area contributed by atoms with E-state index in [2.05, 4.69) is 4.90 Å². The van der Waals surface area contributed by atoms with E-state index >= 15 is 0 Å². The van der Waals surface area contributed by atoms with Crippen LogP contribution < -0.4 is 4.74 Å². The molecule has 4 atom stereocenters. The van der Waals surface area contributed by atoms with Gasteiger partial charge in [0.05, 0.1) is 19.3 Å². The molecule has 2 unspecified atom stereocenters. The summed E-state index contributed by atoms with van der Waals surface area (Å²) in [6.45, 7) is 2.78. The van der Waals surface area contributed by atoms with Gasteiger partial charge in [0.2, 0.25) is 0 Å². The molecule has 1 heterocycles. The maximum Gasteiger partial charge on any atom is 0.118 e. The lowest BCUT2D eigenvalue weighted by molar-refractivity contribution is 0.113. The van der Waals surface area contributed by atoms with Crippen LogP contribution in [0.1, 0.15) is 24.5 Å². The highest BCUT2D eigenvalue weighted by molar-refractivity contribution is 5.20. The van der Waals surface area contributed by atoms with Crippen molar-refractivity contribution in [2.45, 2.75) is 25.0 Å². The van der Waals surface area contributed by atoms with Crippen LogP contribution in [-0.2, 0) is 0 Å². The van der Waals surface area contributed by atoms with Crippen molar-refractivity contribution in [1.82, 2.24) is 4.90 Å². The number of rotatable bonds is 4. The lowest BCUT2D eigenvalue weighted by Crippen LogP contribution is -2.28. The van der Waals surface area contributed by atoms with E-state index in [-0.39, 0.29) is 6.10 Å². The predicted molar refractivity (Wildman–Crippen MR) is 103 cm³/mol. The summed E-state index contributed by atoms with van der Waals surface area (Å²) in [5.74, 6) is 2.19. The zero-order chi connectivity index (χ0) is 18.4. The van der Waals surface area contributed by atoms with Crippen molar-refractivity contribution in [3.8, 4) is 5.75 Å². The van der Waals surface area contributed by atoms with Gasteiger partial charge in [0.1, 0.15) is 5.75 Å². The minimum atomic E-state index is -0.394. The minimum Gasteiger partial charge on any atom is -0.497 e. The van der Waals surface area contributed by atoms with Crippen LogP contribution in [0.5, 0.6) is 5.75 Å². The van der Waals surface area contributed by atoms with E-state index in [4.69, 9.17) is 4.74 Å². The highest BCUT2D eigenvalue weighted by Gasteiger charge is 2.40. The fraction of sp³-hybridized carbons (Fsp3) is 0.455. The first-order valence-electron chi connectivity index (χ1n) is 9.38. The normalized spacial score (nSPS) is 25.9. The van der Waals surface area contributed by atoms with Crippen molar-refractivity contribution in [2.24, 2.45) is 11.8 Å². The van der Waals surface area contributed by atoms with Crippen molar-refractivity contribution in [3.05, 3.63) is 66.2 Å². The third kappa shape index (κ3) is 5.07. The third-order valence-electron chi connectivity index (χ3n) is 5.40. The molecule has 0 spiro atoms. The van der Waals surface area contributed by atoms with Gasteiger partial charge in [0, 0.05) is 19.6 Å². The van der Waals surface area contributed by atoms with Crippen molar-refractivity contribution < 1.29 is 14.9 Å². The number of ether oxygens (including phenoxy) is 1. The molecule has 140 valence electrons. The summed E-state index contributed by atoms with van der Waals surface area (Å²) in [5, 5.41) is 19.8. The van der Waals surface area contributed by atoms with Crippen molar-refractivity contribution in [3.63, 3.8) is 0 Å². The Hall–Kier alpha value is -1.88. The molecule has 1 aliphatic carbocycles. The first kappa shape index (κ1) is 18.9. The second kappa shape index (κ2) is 9.17. The van der Waals surface area contributed by atoms with Crippen LogP contribution in [0.4, 0.5) is 0 Å². The van der Waals surface area contributed by atoms with Gasteiger partial charge < -0.3 is 14.9 Å². The number of fused-ring (bicyclic) bond motifs is 1. The number of hydrogen-bond donors (Lipinski definition) is 2. The van der Waals surface area contributed by atoms with Crippen LogP contribution >= 0.6 is 0 Å². The second-order valence-corrected chi connectivity index (χ2v) is 7.31. The standard InChI is InChI=1S/C15H21NO2.C7H8O/c17-14-6-12-8-16(9-13(12)7-14)10-15(18)11-4-2-1-3-5-11;1-8-7-5-3-2-4-6-7/h1-5,12-15,17-18H,6-10H2;2-6H,1H3/t12-,13+,14?,15?;. The van der Waals surface area contributed by atoms with E-state index in [1.165, 1.54) is 0 Å². The van der Waals surface area contributed by atoms with Crippen LogP contribution in [0.2, 0.25) is 0 Å². The Morgan fingerprint density at radius 1 is 0.962 bits per heavy atom. The van der Waals surface area contributed by atoms with Crippen molar-refractivity contribution >= 4 is 0 Å². The number of β-amino-alcohol motifs (C(OH)–C–C–N with tert-alkyl or cyclic N) is 1. The summed E-state index contributed by atoms with van der Waals surface area (Å²) in [6.07, 6.45) is 1.42. The molecule has 0 radical (unpaired) electrons. The second-order valence-electron chi connectivity index (χ2n) is 7.31. The molecule has 0 bridgehead atoms. The number of aliphatic hydroxyl groups excluding tert-OH is 2. The Kier molecular flexibility index (Phi) is 6.67. The van der Waals surface area contributed by atoms with E-state index in [1.54, 1.807) is 7.11 Å². The molecule has 2 aromatic rings. The number of methoxy groups -OCH3 is 1. The Balaban J connectivity index is 0.000000206. The molecule has 4 nitrogen and oxygen atoms in total. The molecular formula is C22H29NO3. The number of likely N-dealkylation sites (tertiary alicyclic amines) is 1. The van der Waals surface area contributed by atoms with Gasteiger partial charge in [-0.3, -0.25) is 4.90 Å². The van der Waals surface area contributed by atoms with Gasteiger partial charge in [-0.25, -0.2) is 0 Å². The largest absolute Gasteiger partial charge is 0.497 e. The lowest BCUT2D eigenvalue weighted by Gasteiger charge is -2.21. The minimum absolute atomic E-state index is 0.0822. The van der Waals surface area contributed by atoms with E-state index < -0.39 is 6.10 Å². The van der Waals surface area contributed by atoms with Gasteiger partial charge in [-0.15, -0.1) is 0 Å². The maximum atomic E-state index is 10.2. The molecule has 2 N–H and O–H groups in total. The molecular weight excluding hydrogens is 326 g/mol. The predicted octanol–water partition coefficient (Wildman–Crippen LogP) is 3.12. The van der Waals surface area contributed by atoms with Gasteiger partial charge >= 0.3 is 0 Å². The topological polar surface area (TPSA) is 52.9 Å². The molecule has 1 saturated carbocycles. The number of benzene rings is 2. The molecule has 1 aliphatic heterocycles. The Morgan fingerprint density at radius 3 is 2.00 bits per heavy atom. The average molecular weight is 355 g/mol. The fourth-order valence-electron chi connectivity index (χ4n) is 4.10. The van der Waals surface area contributed by atoms with E-state index in [0.29, 0.717) is 18.4 Å². The summed E-state index contributed by atoms with van der Waals surface area (Å²) >= 11 is 0. The monoisotopic (exact) mass is 355 g/mol. The molecule has 2 aliphatic rings. The van der Waals surface area contributed by atoms with Gasteiger partial charge in [-0.1, -0.05) is 48.5 Å². The molecule has 4 rings (SSSR count). The number of nitrogens with zero attached hydrogens (tertiary/aromatic N) is 1. The van der Waals surface area contributed by atoms with Gasteiger partial charge in [0.25, 0.3) is 0 Å². The highest BCUT2D eigenvalue weighted by atomic mass is 16.5. The summed E-state index contributed by atoms with van der Waals surface area (Å²) in [5.41, 5.74) is 0.995. The Morgan fingerprint density at radius 2 is 1.50 bits per heavy atom. The van der Waals surface area contributed by atoms with Crippen LogP contribution in [0.15, 0.2) is 60.7 Å². The molecule has 1 saturated heterocycles. The summed E-state index contributed by atoms with van der Waals surface area (Å²) < 4.78 is 4.91. The maximum absolute atomic E-state index is 10.2. The number of aliphatic hydroxyl groups is 2. The smallest absolute Gasteiger partial charge is 0.118 e. The van der Waals surface area contributed by atoms with Crippen LogP contribution in [0, 0.1) is 11.8 Å². The molecule has 2 aromatic carbocycles. The SMILES string of the molecule is COc1ccccc1.OC1C[C@@H]2CN(CC(O)c3ccccc3)C[C@@H]2C1. The summed E-state index contributed by atoms with van der Waals surface area (Å²) in [6, 6.07) is 19.5. The van der Waals surface area contributed by atoms with Crippen molar-refractivity contribution in [1.29, 1.82) is 0 Å². The molecule has 0 aromatic heterocycles. The Labute approximate surface area is 156 Å². The number of para-hydroxylation sites is 1. The fourth-order valence-corrected chi connectivity index (χ4v) is 4.10. The van der Waals surface area contributed by atoms with Crippen LogP contribution in [0.3, 0.4) is 0 Å². The first-order chi connectivity index (χ1) is 12.7. The highest BCUT2D eigenvalue weighted by Crippen LogP contribution is 2.38. The quantitative estimate of drug-likeness (QED) is 0.885. The van der Waals surface area contributed by atoms with Crippen molar-refractivity contribution in [2.75, 3.05) is 26.7 Å².